The summed E-state index contributed by atoms with van der Waals surface area (Å²) >= 11 is 5.93. The average Bonchev–Trinajstić information content (AvgIpc) is 2.54. The van der Waals surface area contributed by atoms with E-state index >= 15 is 0 Å². The number of nitrogens with zero attached hydrogens (tertiary/aromatic N) is 3. The third kappa shape index (κ3) is 6.46. The maximum Gasteiger partial charge on any atom is 0.308 e. The van der Waals surface area contributed by atoms with E-state index in [2.05, 4.69) is 9.89 Å². The van der Waals surface area contributed by atoms with Crippen molar-refractivity contribution in [1.82, 2.24) is 4.90 Å². The molecular formula is C18H27ClN4O2. The SMILES string of the molecule is CC(C)(C)OC(=O)CCN=C(N)N1CCN(c2ccc(Cl)cc2)CC1. The van der Waals surface area contributed by atoms with Gasteiger partial charge in [0.25, 0.3) is 0 Å². The summed E-state index contributed by atoms with van der Waals surface area (Å²) < 4.78 is 5.26. The molecule has 25 heavy (non-hydrogen) atoms. The van der Waals surface area contributed by atoms with Gasteiger partial charge in [-0.15, -0.1) is 0 Å². The van der Waals surface area contributed by atoms with Gasteiger partial charge in [0.1, 0.15) is 5.60 Å². The molecule has 1 aliphatic rings. The number of hydrogen-bond donors (Lipinski definition) is 1. The van der Waals surface area contributed by atoms with E-state index in [1.54, 1.807) is 0 Å². The fraction of sp³-hybridized carbons (Fsp3) is 0.556. The van der Waals surface area contributed by atoms with Gasteiger partial charge in [-0.05, 0) is 45.0 Å². The summed E-state index contributed by atoms with van der Waals surface area (Å²) in [7, 11) is 0. The highest BCUT2D eigenvalue weighted by molar-refractivity contribution is 6.30. The van der Waals surface area contributed by atoms with Crippen molar-refractivity contribution in [2.45, 2.75) is 32.8 Å². The van der Waals surface area contributed by atoms with Gasteiger partial charge in [0.2, 0.25) is 0 Å². The van der Waals surface area contributed by atoms with Gasteiger partial charge in [-0.1, -0.05) is 11.6 Å². The number of rotatable bonds is 4. The van der Waals surface area contributed by atoms with E-state index in [0.29, 0.717) is 12.5 Å². The number of carbonyl (C=O) groups excluding carboxylic acids is 1. The molecule has 1 aromatic rings. The number of anilines is 1. The number of carbonyl (C=O) groups is 1. The number of esters is 1. The lowest BCUT2D eigenvalue weighted by Crippen LogP contribution is -2.51. The maximum absolute atomic E-state index is 11.7. The van der Waals surface area contributed by atoms with Crippen molar-refractivity contribution >= 4 is 29.2 Å². The molecule has 0 unspecified atom stereocenters. The molecule has 2 N–H and O–H groups in total. The molecule has 138 valence electrons. The Morgan fingerprint density at radius 2 is 1.80 bits per heavy atom. The summed E-state index contributed by atoms with van der Waals surface area (Å²) in [5, 5.41) is 0.740. The molecule has 6 nitrogen and oxygen atoms in total. The average molecular weight is 367 g/mol. The van der Waals surface area contributed by atoms with Gasteiger partial charge in [-0.3, -0.25) is 9.79 Å². The second-order valence-corrected chi connectivity index (χ2v) is 7.46. The van der Waals surface area contributed by atoms with E-state index in [1.165, 1.54) is 0 Å². The number of guanidine groups is 1. The van der Waals surface area contributed by atoms with Crippen LogP contribution < -0.4 is 10.6 Å². The largest absolute Gasteiger partial charge is 0.460 e. The quantitative estimate of drug-likeness (QED) is 0.503. The molecule has 0 radical (unpaired) electrons. The van der Waals surface area contributed by atoms with Crippen molar-refractivity contribution in [2.75, 3.05) is 37.6 Å². The molecule has 0 aromatic heterocycles. The first-order chi connectivity index (χ1) is 11.7. The van der Waals surface area contributed by atoms with E-state index in [9.17, 15) is 4.79 Å². The van der Waals surface area contributed by atoms with Crippen LogP contribution in [0.15, 0.2) is 29.3 Å². The van der Waals surface area contributed by atoms with E-state index in [0.717, 1.165) is 36.9 Å². The smallest absolute Gasteiger partial charge is 0.308 e. The van der Waals surface area contributed by atoms with Crippen LogP contribution in [0, 0.1) is 0 Å². The summed E-state index contributed by atoms with van der Waals surface area (Å²) in [5.41, 5.74) is 6.74. The predicted octanol–water partition coefficient (Wildman–Crippen LogP) is 2.51. The van der Waals surface area contributed by atoms with Crippen LogP contribution in [0.25, 0.3) is 0 Å². The van der Waals surface area contributed by atoms with E-state index in [4.69, 9.17) is 22.1 Å². The molecule has 2 rings (SSSR count). The zero-order valence-electron chi connectivity index (χ0n) is 15.2. The Bertz CT molecular complexity index is 602. The van der Waals surface area contributed by atoms with Gasteiger partial charge in [-0.2, -0.15) is 0 Å². The molecule has 0 amide bonds. The fourth-order valence-electron chi connectivity index (χ4n) is 2.60. The normalized spacial score (nSPS) is 16.1. The summed E-state index contributed by atoms with van der Waals surface area (Å²) in [6.45, 7) is 9.22. The summed E-state index contributed by atoms with van der Waals surface area (Å²) in [4.78, 5) is 20.3. The Kier molecular flexibility index (Phi) is 6.53. The highest BCUT2D eigenvalue weighted by Crippen LogP contribution is 2.19. The minimum atomic E-state index is -0.468. The molecular weight excluding hydrogens is 340 g/mol. The van der Waals surface area contributed by atoms with Crippen molar-refractivity contribution in [3.8, 4) is 0 Å². The number of hydrogen-bond acceptors (Lipinski definition) is 4. The molecule has 0 aliphatic carbocycles. The Hall–Kier alpha value is -1.95. The summed E-state index contributed by atoms with van der Waals surface area (Å²) in [6.07, 6.45) is 0.239. The van der Waals surface area contributed by atoms with Gasteiger partial charge in [-0.25, -0.2) is 0 Å². The first kappa shape index (κ1) is 19.4. The molecule has 7 heteroatoms. The molecule has 0 saturated carbocycles. The maximum atomic E-state index is 11.7. The number of benzene rings is 1. The Morgan fingerprint density at radius 3 is 2.36 bits per heavy atom. The standard InChI is InChI=1S/C18H27ClN4O2/c1-18(2,3)25-16(24)8-9-21-17(20)23-12-10-22(11-13-23)15-6-4-14(19)5-7-15/h4-7H,8-13H2,1-3H3,(H2,20,21). The minimum absolute atomic E-state index is 0.239. The number of nitrogens with two attached hydrogens (primary N) is 1. The third-order valence-electron chi connectivity index (χ3n) is 3.81. The second-order valence-electron chi connectivity index (χ2n) is 7.03. The Balaban J connectivity index is 1.77. The van der Waals surface area contributed by atoms with Gasteiger partial charge >= 0.3 is 5.97 Å². The monoisotopic (exact) mass is 366 g/mol. The van der Waals surface area contributed by atoms with Crippen molar-refractivity contribution in [3.05, 3.63) is 29.3 Å². The van der Waals surface area contributed by atoms with Gasteiger partial charge < -0.3 is 20.3 Å². The van der Waals surface area contributed by atoms with Gasteiger partial charge in [0, 0.05) is 36.9 Å². The lowest BCUT2D eigenvalue weighted by Gasteiger charge is -2.36. The van der Waals surface area contributed by atoms with Crippen molar-refractivity contribution < 1.29 is 9.53 Å². The molecule has 0 atom stereocenters. The van der Waals surface area contributed by atoms with Crippen LogP contribution in [0.5, 0.6) is 0 Å². The lowest BCUT2D eigenvalue weighted by molar-refractivity contribution is -0.154. The van der Waals surface area contributed by atoms with Crippen LogP contribution in [-0.4, -0.2) is 55.2 Å². The first-order valence-corrected chi connectivity index (χ1v) is 8.89. The molecule has 1 heterocycles. The van der Waals surface area contributed by atoms with Crippen LogP contribution >= 0.6 is 11.6 Å². The minimum Gasteiger partial charge on any atom is -0.460 e. The van der Waals surface area contributed by atoms with E-state index in [1.807, 2.05) is 49.9 Å². The highest BCUT2D eigenvalue weighted by Gasteiger charge is 2.19. The number of ether oxygens (including phenoxy) is 1. The number of aliphatic imine (C=N–C) groups is 1. The zero-order chi connectivity index (χ0) is 18.4. The lowest BCUT2D eigenvalue weighted by atomic mass is 10.2. The number of piperazine rings is 1. The van der Waals surface area contributed by atoms with Crippen LogP contribution in [0.3, 0.4) is 0 Å². The predicted molar refractivity (Wildman–Crippen MR) is 102 cm³/mol. The number of halogens is 1. The van der Waals surface area contributed by atoms with E-state index in [-0.39, 0.29) is 12.4 Å². The fourth-order valence-corrected chi connectivity index (χ4v) is 2.73. The molecule has 1 aromatic carbocycles. The first-order valence-electron chi connectivity index (χ1n) is 8.52. The molecule has 1 fully saturated rings. The van der Waals surface area contributed by atoms with Gasteiger partial charge in [0.05, 0.1) is 13.0 Å². The van der Waals surface area contributed by atoms with Crippen molar-refractivity contribution in [2.24, 2.45) is 10.7 Å². The molecule has 0 spiro atoms. The van der Waals surface area contributed by atoms with Crippen LogP contribution in [0.4, 0.5) is 5.69 Å². The second kappa shape index (κ2) is 8.43. The Labute approximate surface area is 154 Å². The molecule has 0 bridgehead atoms. The molecule has 1 saturated heterocycles. The zero-order valence-corrected chi connectivity index (χ0v) is 15.9. The Morgan fingerprint density at radius 1 is 1.20 bits per heavy atom. The van der Waals surface area contributed by atoms with Crippen molar-refractivity contribution in [1.29, 1.82) is 0 Å². The summed E-state index contributed by atoms with van der Waals surface area (Å²) in [6, 6.07) is 7.85. The third-order valence-corrected chi connectivity index (χ3v) is 4.06. The highest BCUT2D eigenvalue weighted by atomic mass is 35.5. The summed E-state index contributed by atoms with van der Waals surface area (Å²) in [5.74, 6) is 0.232. The van der Waals surface area contributed by atoms with Gasteiger partial charge in [0.15, 0.2) is 5.96 Å². The molecule has 1 aliphatic heterocycles. The van der Waals surface area contributed by atoms with E-state index < -0.39 is 5.60 Å². The van der Waals surface area contributed by atoms with Crippen LogP contribution in [-0.2, 0) is 9.53 Å². The topological polar surface area (TPSA) is 71.2 Å². The van der Waals surface area contributed by atoms with Crippen molar-refractivity contribution in [3.63, 3.8) is 0 Å². The van der Waals surface area contributed by atoms with Crippen LogP contribution in [0.2, 0.25) is 5.02 Å². The van der Waals surface area contributed by atoms with Crippen LogP contribution in [0.1, 0.15) is 27.2 Å².